The van der Waals surface area contributed by atoms with Crippen LogP contribution in [0.3, 0.4) is 0 Å². The summed E-state index contributed by atoms with van der Waals surface area (Å²) in [6, 6.07) is 10.9. The number of nitrogens with zero attached hydrogens (tertiary/aromatic N) is 3. The summed E-state index contributed by atoms with van der Waals surface area (Å²) in [6.07, 6.45) is -6.08. The second-order valence-electron chi connectivity index (χ2n) is 6.66. The SMILES string of the molecule is Cc1cc([N+](=O)[O-])cnc1OC(c1ccc(-n2c(C)ccc2C)cc1)C(F)(F)F. The summed E-state index contributed by atoms with van der Waals surface area (Å²) in [5.41, 5.74) is 2.39. The van der Waals surface area contributed by atoms with E-state index < -0.39 is 17.2 Å². The van der Waals surface area contributed by atoms with Crippen molar-refractivity contribution in [2.24, 2.45) is 0 Å². The molecule has 3 aromatic rings. The van der Waals surface area contributed by atoms with Crippen molar-refractivity contribution in [3.05, 3.63) is 81.3 Å². The number of pyridine rings is 1. The lowest BCUT2D eigenvalue weighted by molar-refractivity contribution is -0.385. The van der Waals surface area contributed by atoms with E-state index in [1.165, 1.54) is 19.1 Å². The van der Waals surface area contributed by atoms with Crippen LogP contribution in [0.4, 0.5) is 18.9 Å². The van der Waals surface area contributed by atoms with E-state index in [-0.39, 0.29) is 22.7 Å². The molecular weight excluding hydrogens is 387 g/mol. The van der Waals surface area contributed by atoms with Gasteiger partial charge in [0.15, 0.2) is 0 Å². The molecule has 0 radical (unpaired) electrons. The summed E-state index contributed by atoms with van der Waals surface area (Å²) in [5.74, 6) is -0.306. The van der Waals surface area contributed by atoms with Crippen molar-refractivity contribution in [3.63, 3.8) is 0 Å². The molecule has 0 aliphatic rings. The molecule has 0 aliphatic heterocycles. The minimum atomic E-state index is -4.70. The Morgan fingerprint density at radius 1 is 1.07 bits per heavy atom. The first-order chi connectivity index (χ1) is 13.6. The zero-order valence-corrected chi connectivity index (χ0v) is 15.9. The number of ether oxygens (including phenoxy) is 1. The number of hydrogen-bond acceptors (Lipinski definition) is 4. The van der Waals surface area contributed by atoms with Crippen LogP contribution in [0.15, 0.2) is 48.7 Å². The van der Waals surface area contributed by atoms with E-state index in [9.17, 15) is 23.3 Å². The van der Waals surface area contributed by atoms with Crippen LogP contribution in [0.2, 0.25) is 0 Å². The average molecular weight is 405 g/mol. The summed E-state index contributed by atoms with van der Waals surface area (Å²) in [5, 5.41) is 10.8. The topological polar surface area (TPSA) is 70.2 Å². The number of alkyl halides is 3. The van der Waals surface area contributed by atoms with Crippen molar-refractivity contribution in [1.82, 2.24) is 9.55 Å². The lowest BCUT2D eigenvalue weighted by Crippen LogP contribution is -2.26. The molecule has 0 amide bonds. The summed E-state index contributed by atoms with van der Waals surface area (Å²) < 4.78 is 48.1. The largest absolute Gasteiger partial charge is 0.459 e. The van der Waals surface area contributed by atoms with E-state index in [4.69, 9.17) is 4.74 Å². The van der Waals surface area contributed by atoms with Crippen LogP contribution in [0, 0.1) is 30.9 Å². The number of rotatable bonds is 5. The Bertz CT molecular complexity index is 1020. The van der Waals surface area contributed by atoms with Gasteiger partial charge in [0.05, 0.1) is 4.92 Å². The van der Waals surface area contributed by atoms with Gasteiger partial charge in [-0.1, -0.05) is 12.1 Å². The zero-order chi connectivity index (χ0) is 21.3. The Hall–Kier alpha value is -3.36. The van der Waals surface area contributed by atoms with E-state index in [1.807, 2.05) is 30.5 Å². The fourth-order valence-corrected chi connectivity index (χ4v) is 3.08. The Morgan fingerprint density at radius 2 is 1.66 bits per heavy atom. The molecule has 0 N–H and O–H groups in total. The van der Waals surface area contributed by atoms with Crippen molar-refractivity contribution in [1.29, 1.82) is 0 Å². The molecule has 0 bridgehead atoms. The van der Waals surface area contributed by atoms with Crippen LogP contribution in [-0.2, 0) is 0 Å². The zero-order valence-electron chi connectivity index (χ0n) is 15.9. The molecule has 2 heterocycles. The third-order valence-corrected chi connectivity index (χ3v) is 4.48. The highest BCUT2D eigenvalue weighted by molar-refractivity contribution is 5.41. The van der Waals surface area contributed by atoms with Gasteiger partial charge in [0.1, 0.15) is 6.20 Å². The Morgan fingerprint density at radius 3 is 2.14 bits per heavy atom. The van der Waals surface area contributed by atoms with Crippen molar-refractivity contribution in [2.75, 3.05) is 0 Å². The summed E-state index contributed by atoms with van der Waals surface area (Å²) >= 11 is 0. The standard InChI is InChI=1S/C20H18F3N3O3/c1-12-10-17(26(27)28)11-24-19(12)29-18(20(21,22)23)15-6-8-16(9-7-15)25-13(2)4-5-14(25)3/h4-11,18H,1-3H3. The van der Waals surface area contributed by atoms with Gasteiger partial charge in [-0.2, -0.15) is 13.2 Å². The van der Waals surface area contributed by atoms with Gasteiger partial charge in [-0.05, 0) is 45.0 Å². The van der Waals surface area contributed by atoms with Crippen molar-refractivity contribution in [2.45, 2.75) is 33.1 Å². The van der Waals surface area contributed by atoms with Crippen molar-refractivity contribution >= 4 is 5.69 Å². The highest BCUT2D eigenvalue weighted by atomic mass is 19.4. The fourth-order valence-electron chi connectivity index (χ4n) is 3.08. The highest BCUT2D eigenvalue weighted by Crippen LogP contribution is 2.37. The number of halogens is 3. The lowest BCUT2D eigenvalue weighted by Gasteiger charge is -2.22. The molecule has 9 heteroatoms. The number of benzene rings is 1. The number of aryl methyl sites for hydroxylation is 3. The molecule has 3 rings (SSSR count). The molecular formula is C20H18F3N3O3. The number of hydrogen-bond donors (Lipinski definition) is 0. The second-order valence-corrected chi connectivity index (χ2v) is 6.66. The van der Waals surface area contributed by atoms with Gasteiger partial charge in [-0.15, -0.1) is 0 Å². The van der Waals surface area contributed by atoms with E-state index in [2.05, 4.69) is 4.98 Å². The molecule has 2 aromatic heterocycles. The first-order valence-corrected chi connectivity index (χ1v) is 8.67. The molecule has 0 saturated heterocycles. The van der Waals surface area contributed by atoms with Gasteiger partial charge in [-0.25, -0.2) is 4.98 Å². The predicted octanol–water partition coefficient (Wildman–Crippen LogP) is 5.39. The van der Waals surface area contributed by atoms with Crippen molar-refractivity contribution < 1.29 is 22.8 Å². The van der Waals surface area contributed by atoms with Gasteiger partial charge in [0, 0.05) is 34.3 Å². The smallest absolute Gasteiger partial charge is 0.429 e. The van der Waals surface area contributed by atoms with Crippen LogP contribution in [-0.4, -0.2) is 20.7 Å². The van der Waals surface area contributed by atoms with Gasteiger partial charge in [0.2, 0.25) is 12.0 Å². The Balaban J connectivity index is 1.93. The first-order valence-electron chi connectivity index (χ1n) is 8.67. The van der Waals surface area contributed by atoms with Crippen LogP contribution in [0.5, 0.6) is 5.88 Å². The molecule has 0 saturated carbocycles. The molecule has 6 nitrogen and oxygen atoms in total. The molecule has 0 aliphatic carbocycles. The quantitative estimate of drug-likeness (QED) is 0.422. The molecule has 0 fully saturated rings. The van der Waals surface area contributed by atoms with Crippen LogP contribution in [0.1, 0.15) is 28.6 Å². The molecule has 1 aromatic carbocycles. The minimum Gasteiger partial charge on any atom is -0.459 e. The monoisotopic (exact) mass is 405 g/mol. The predicted molar refractivity (Wildman–Crippen MR) is 100 cm³/mol. The van der Waals surface area contributed by atoms with Crippen LogP contribution in [0.25, 0.3) is 5.69 Å². The maximum Gasteiger partial charge on any atom is 0.429 e. The maximum atomic E-state index is 13.7. The van der Waals surface area contributed by atoms with Gasteiger partial charge in [-0.3, -0.25) is 10.1 Å². The van der Waals surface area contributed by atoms with Crippen LogP contribution >= 0.6 is 0 Å². The van der Waals surface area contributed by atoms with E-state index in [1.54, 1.807) is 12.1 Å². The Kier molecular flexibility index (Phi) is 5.32. The van der Waals surface area contributed by atoms with Gasteiger partial charge in [0.25, 0.3) is 5.69 Å². The fraction of sp³-hybridized carbons (Fsp3) is 0.250. The number of aromatic nitrogens is 2. The molecule has 1 unspecified atom stereocenters. The van der Waals surface area contributed by atoms with Crippen molar-refractivity contribution in [3.8, 4) is 11.6 Å². The minimum absolute atomic E-state index is 0.0942. The van der Waals surface area contributed by atoms with Gasteiger partial charge < -0.3 is 9.30 Å². The summed E-state index contributed by atoms with van der Waals surface area (Å²) in [7, 11) is 0. The average Bonchev–Trinajstić information content (AvgIpc) is 2.98. The summed E-state index contributed by atoms with van der Waals surface area (Å²) in [6.45, 7) is 5.22. The molecule has 152 valence electrons. The maximum absolute atomic E-state index is 13.7. The molecule has 29 heavy (non-hydrogen) atoms. The normalized spacial score (nSPS) is 12.6. The second kappa shape index (κ2) is 7.57. The van der Waals surface area contributed by atoms with Gasteiger partial charge >= 0.3 is 6.18 Å². The third kappa shape index (κ3) is 4.23. The molecule has 0 spiro atoms. The van der Waals surface area contributed by atoms with E-state index >= 15 is 0 Å². The first kappa shape index (κ1) is 20.4. The Labute approximate surface area is 164 Å². The highest BCUT2D eigenvalue weighted by Gasteiger charge is 2.43. The summed E-state index contributed by atoms with van der Waals surface area (Å²) in [4.78, 5) is 13.8. The van der Waals surface area contributed by atoms with E-state index in [0.29, 0.717) is 0 Å². The molecule has 1 atom stereocenters. The van der Waals surface area contributed by atoms with E-state index in [0.717, 1.165) is 29.3 Å². The number of nitro groups is 1. The van der Waals surface area contributed by atoms with Crippen LogP contribution < -0.4 is 4.74 Å². The lowest BCUT2D eigenvalue weighted by atomic mass is 10.1. The third-order valence-electron chi connectivity index (χ3n) is 4.48.